The minimum Gasteiger partial charge on any atom is -0.492 e. The van der Waals surface area contributed by atoms with Crippen molar-refractivity contribution in [1.29, 1.82) is 0 Å². The summed E-state index contributed by atoms with van der Waals surface area (Å²) >= 11 is 5.81. The minimum atomic E-state index is -3.61. The summed E-state index contributed by atoms with van der Waals surface area (Å²) in [5.74, 6) is 0.240. The Morgan fingerprint density at radius 2 is 1.70 bits per heavy atom. The van der Waals surface area contributed by atoms with Crippen LogP contribution in [0.25, 0.3) is 0 Å². The first-order valence-corrected chi connectivity index (χ1v) is 10.6. The average Bonchev–Trinajstić information content (AvgIpc) is 2.58. The molecule has 8 heteroatoms. The highest BCUT2D eigenvalue weighted by Crippen LogP contribution is 2.26. The van der Waals surface area contributed by atoms with Gasteiger partial charge in [0.15, 0.2) is 0 Å². The van der Waals surface area contributed by atoms with Crippen molar-refractivity contribution >= 4 is 33.2 Å². The van der Waals surface area contributed by atoms with Crippen LogP contribution in [0.2, 0.25) is 5.02 Å². The molecule has 2 aromatic carbocycles. The highest BCUT2D eigenvalue weighted by Gasteiger charge is 2.23. The quantitative estimate of drug-likeness (QED) is 0.679. The molecule has 0 aliphatic rings. The van der Waals surface area contributed by atoms with E-state index in [2.05, 4.69) is 5.32 Å². The van der Waals surface area contributed by atoms with Gasteiger partial charge in [0, 0.05) is 5.02 Å². The Morgan fingerprint density at radius 1 is 1.11 bits per heavy atom. The second kappa shape index (κ2) is 9.10. The SMILES string of the molecule is Cc1cccc(C)c1N(CC(=O)NCCOc1ccc(Cl)cc1)S(C)(=O)=O. The number of hydrogen-bond acceptors (Lipinski definition) is 4. The highest BCUT2D eigenvalue weighted by atomic mass is 35.5. The first-order chi connectivity index (χ1) is 12.7. The Labute approximate surface area is 165 Å². The van der Waals surface area contributed by atoms with Crippen LogP contribution in [0.5, 0.6) is 5.75 Å². The molecule has 0 heterocycles. The molecule has 0 spiro atoms. The normalized spacial score (nSPS) is 11.1. The highest BCUT2D eigenvalue weighted by molar-refractivity contribution is 7.92. The number of carbonyl (C=O) groups is 1. The number of nitrogens with one attached hydrogen (secondary N) is 1. The molecule has 0 aliphatic carbocycles. The molecule has 0 fully saturated rings. The Morgan fingerprint density at radius 3 is 2.26 bits per heavy atom. The van der Waals surface area contributed by atoms with Gasteiger partial charge in [-0.3, -0.25) is 9.10 Å². The number of halogens is 1. The Hall–Kier alpha value is -2.25. The van der Waals surface area contributed by atoms with Crippen LogP contribution < -0.4 is 14.4 Å². The van der Waals surface area contributed by atoms with Crippen molar-refractivity contribution in [1.82, 2.24) is 5.32 Å². The van der Waals surface area contributed by atoms with E-state index in [9.17, 15) is 13.2 Å². The van der Waals surface area contributed by atoms with Crippen molar-refractivity contribution in [3.8, 4) is 5.75 Å². The molecule has 2 rings (SSSR count). The summed E-state index contributed by atoms with van der Waals surface area (Å²) in [5.41, 5.74) is 2.12. The van der Waals surface area contributed by atoms with Gasteiger partial charge in [-0.1, -0.05) is 29.8 Å². The van der Waals surface area contributed by atoms with E-state index in [1.54, 1.807) is 24.3 Å². The number of para-hydroxylation sites is 1. The topological polar surface area (TPSA) is 75.7 Å². The first-order valence-electron chi connectivity index (χ1n) is 8.37. The van der Waals surface area contributed by atoms with Gasteiger partial charge in [-0.05, 0) is 49.2 Å². The number of benzene rings is 2. The maximum atomic E-state index is 12.3. The summed E-state index contributed by atoms with van der Waals surface area (Å²) in [5, 5.41) is 3.29. The number of hydrogen-bond donors (Lipinski definition) is 1. The molecule has 0 aliphatic heterocycles. The number of anilines is 1. The van der Waals surface area contributed by atoms with Crippen molar-refractivity contribution in [3.63, 3.8) is 0 Å². The van der Waals surface area contributed by atoms with Gasteiger partial charge in [0.25, 0.3) is 0 Å². The fraction of sp³-hybridized carbons (Fsp3) is 0.316. The van der Waals surface area contributed by atoms with Crippen LogP contribution in [0.1, 0.15) is 11.1 Å². The van der Waals surface area contributed by atoms with E-state index in [4.69, 9.17) is 16.3 Å². The molecule has 0 bridgehead atoms. The van der Waals surface area contributed by atoms with Crippen molar-refractivity contribution in [2.24, 2.45) is 0 Å². The monoisotopic (exact) mass is 410 g/mol. The molecular weight excluding hydrogens is 388 g/mol. The van der Waals surface area contributed by atoms with Crippen molar-refractivity contribution < 1.29 is 17.9 Å². The summed E-state index contributed by atoms with van der Waals surface area (Å²) in [7, 11) is -3.61. The van der Waals surface area contributed by atoms with Crippen LogP contribution in [-0.4, -0.2) is 40.3 Å². The Balaban J connectivity index is 1.95. The molecule has 0 saturated heterocycles. The molecule has 27 heavy (non-hydrogen) atoms. The Bertz CT molecular complexity index is 878. The summed E-state index contributed by atoms with van der Waals surface area (Å²) in [4.78, 5) is 12.3. The number of amides is 1. The van der Waals surface area contributed by atoms with Crippen molar-refractivity contribution in [2.45, 2.75) is 13.8 Å². The molecule has 0 aromatic heterocycles. The number of aryl methyl sites for hydroxylation is 2. The predicted octanol–water partition coefficient (Wildman–Crippen LogP) is 2.92. The number of sulfonamides is 1. The number of carbonyl (C=O) groups excluding carboxylic acids is 1. The number of ether oxygens (including phenoxy) is 1. The summed E-state index contributed by atoms with van der Waals surface area (Å²) < 4.78 is 31.1. The van der Waals surface area contributed by atoms with E-state index in [0.717, 1.165) is 21.7 Å². The van der Waals surface area contributed by atoms with Gasteiger partial charge in [-0.25, -0.2) is 8.42 Å². The standard InChI is InChI=1S/C19H23ClN2O4S/c1-14-5-4-6-15(2)19(14)22(27(3,24)25)13-18(23)21-11-12-26-17-9-7-16(20)8-10-17/h4-10H,11-13H2,1-3H3,(H,21,23). The second-order valence-electron chi connectivity index (χ2n) is 6.16. The third-order valence-corrected chi connectivity index (χ3v) is 5.25. The number of nitrogens with zero attached hydrogens (tertiary/aromatic N) is 1. The minimum absolute atomic E-state index is 0.256. The zero-order valence-electron chi connectivity index (χ0n) is 15.5. The van der Waals surface area contributed by atoms with Crippen molar-refractivity contribution in [2.75, 3.05) is 30.3 Å². The van der Waals surface area contributed by atoms with Gasteiger partial charge in [0.2, 0.25) is 15.9 Å². The van der Waals surface area contributed by atoms with Crippen LogP contribution in [0, 0.1) is 13.8 Å². The zero-order valence-corrected chi connectivity index (χ0v) is 17.1. The van der Waals surface area contributed by atoms with E-state index in [1.807, 2.05) is 32.0 Å². The van der Waals surface area contributed by atoms with Crippen LogP contribution in [0.15, 0.2) is 42.5 Å². The molecule has 0 unspecified atom stereocenters. The summed E-state index contributed by atoms with van der Waals surface area (Å²) in [6, 6.07) is 12.4. The zero-order chi connectivity index (χ0) is 20.0. The lowest BCUT2D eigenvalue weighted by Crippen LogP contribution is -2.42. The van der Waals surface area contributed by atoms with E-state index >= 15 is 0 Å². The maximum absolute atomic E-state index is 12.3. The lowest BCUT2D eigenvalue weighted by atomic mass is 10.1. The fourth-order valence-electron chi connectivity index (χ4n) is 2.64. The summed E-state index contributed by atoms with van der Waals surface area (Å²) in [6.07, 6.45) is 1.09. The van der Waals surface area contributed by atoms with Gasteiger partial charge in [-0.2, -0.15) is 0 Å². The first kappa shape index (κ1) is 21.1. The molecule has 6 nitrogen and oxygen atoms in total. The molecule has 0 saturated carbocycles. The van der Waals surface area contributed by atoms with Gasteiger partial charge < -0.3 is 10.1 Å². The van der Waals surface area contributed by atoms with Crippen molar-refractivity contribution in [3.05, 3.63) is 58.6 Å². The van der Waals surface area contributed by atoms with Gasteiger partial charge in [0.1, 0.15) is 18.9 Å². The van der Waals surface area contributed by atoms with Gasteiger partial charge in [0.05, 0.1) is 18.5 Å². The van der Waals surface area contributed by atoms with E-state index < -0.39 is 15.9 Å². The van der Waals surface area contributed by atoms with Crippen LogP contribution in [-0.2, 0) is 14.8 Å². The van der Waals surface area contributed by atoms with E-state index in [-0.39, 0.29) is 19.7 Å². The number of rotatable bonds is 8. The fourth-order valence-corrected chi connectivity index (χ4v) is 3.74. The van der Waals surface area contributed by atoms with Crippen LogP contribution >= 0.6 is 11.6 Å². The molecular formula is C19H23ClN2O4S. The molecule has 1 N–H and O–H groups in total. The largest absolute Gasteiger partial charge is 0.492 e. The lowest BCUT2D eigenvalue weighted by Gasteiger charge is -2.25. The van der Waals surface area contributed by atoms with Gasteiger partial charge >= 0.3 is 0 Å². The predicted molar refractivity (Wildman–Crippen MR) is 108 cm³/mol. The van der Waals surface area contributed by atoms with Crippen LogP contribution in [0.4, 0.5) is 5.69 Å². The van der Waals surface area contributed by atoms with Gasteiger partial charge in [-0.15, -0.1) is 0 Å². The molecule has 1 amide bonds. The maximum Gasteiger partial charge on any atom is 0.240 e. The lowest BCUT2D eigenvalue weighted by molar-refractivity contribution is -0.119. The smallest absolute Gasteiger partial charge is 0.240 e. The molecule has 0 atom stereocenters. The third-order valence-electron chi connectivity index (χ3n) is 3.88. The molecule has 2 aromatic rings. The second-order valence-corrected chi connectivity index (χ2v) is 8.51. The Kier molecular flexibility index (Phi) is 7.10. The molecule has 0 radical (unpaired) electrons. The molecule has 146 valence electrons. The van der Waals surface area contributed by atoms with E-state index in [1.165, 1.54) is 0 Å². The third kappa shape index (κ3) is 6.15. The van der Waals surface area contributed by atoms with E-state index in [0.29, 0.717) is 16.5 Å². The summed E-state index contributed by atoms with van der Waals surface area (Å²) in [6.45, 7) is 3.86. The van der Waals surface area contributed by atoms with Crippen LogP contribution in [0.3, 0.4) is 0 Å². The average molecular weight is 411 g/mol.